The van der Waals surface area contributed by atoms with Crippen molar-refractivity contribution in [2.24, 2.45) is 0 Å². The highest BCUT2D eigenvalue weighted by molar-refractivity contribution is 7.12. The van der Waals surface area contributed by atoms with Crippen LogP contribution in [0.15, 0.2) is 17.5 Å². The quantitative estimate of drug-likeness (QED) is 0.601. The standard InChI is InChI=1S/C7H9NOS/c1-8(2)7(9)6-4-3-5-10-6/h3-5H,1-2H3. The molecule has 1 amide bonds. The lowest BCUT2D eigenvalue weighted by atomic mass is 10.4. The number of hydrogen-bond acceptors (Lipinski definition) is 2. The summed E-state index contributed by atoms with van der Waals surface area (Å²) in [4.78, 5) is 13.5. The number of hydrogen-bond donors (Lipinski definition) is 0. The van der Waals surface area contributed by atoms with Crippen LogP contribution >= 0.6 is 11.3 Å². The van der Waals surface area contributed by atoms with Gasteiger partial charge in [0.1, 0.15) is 0 Å². The van der Waals surface area contributed by atoms with E-state index in [4.69, 9.17) is 0 Å². The lowest BCUT2D eigenvalue weighted by Crippen LogP contribution is -2.20. The van der Waals surface area contributed by atoms with Crippen LogP contribution in [0.25, 0.3) is 0 Å². The van der Waals surface area contributed by atoms with Crippen molar-refractivity contribution in [1.29, 1.82) is 0 Å². The van der Waals surface area contributed by atoms with E-state index in [1.165, 1.54) is 11.3 Å². The Labute approximate surface area is 64.1 Å². The molecule has 3 heteroatoms. The maximum atomic E-state index is 11.1. The van der Waals surface area contributed by atoms with Gasteiger partial charge in [-0.05, 0) is 11.4 Å². The molecular formula is C7H9NOS. The lowest BCUT2D eigenvalue weighted by Gasteiger charge is -2.06. The number of rotatable bonds is 1. The van der Waals surface area contributed by atoms with E-state index in [-0.39, 0.29) is 5.91 Å². The summed E-state index contributed by atoms with van der Waals surface area (Å²) in [7, 11) is 3.50. The Morgan fingerprint density at radius 3 is 2.70 bits per heavy atom. The molecule has 0 aliphatic carbocycles. The van der Waals surface area contributed by atoms with E-state index in [2.05, 4.69) is 0 Å². The maximum absolute atomic E-state index is 11.1. The Morgan fingerprint density at radius 1 is 1.60 bits per heavy atom. The predicted octanol–water partition coefficient (Wildman–Crippen LogP) is 1.45. The largest absolute Gasteiger partial charge is 0.344 e. The van der Waals surface area contributed by atoms with Crippen LogP contribution in [0.5, 0.6) is 0 Å². The fourth-order valence-electron chi connectivity index (χ4n) is 0.621. The minimum absolute atomic E-state index is 0.0787. The van der Waals surface area contributed by atoms with E-state index in [1.54, 1.807) is 19.0 Å². The Morgan fingerprint density at radius 2 is 2.30 bits per heavy atom. The molecule has 0 saturated carbocycles. The van der Waals surface area contributed by atoms with Crippen molar-refractivity contribution in [3.63, 3.8) is 0 Å². The highest BCUT2D eigenvalue weighted by atomic mass is 32.1. The molecular weight excluding hydrogens is 146 g/mol. The molecule has 1 rings (SSSR count). The monoisotopic (exact) mass is 155 g/mol. The molecule has 2 nitrogen and oxygen atoms in total. The minimum atomic E-state index is 0.0787. The van der Waals surface area contributed by atoms with Gasteiger partial charge in [0.25, 0.3) is 5.91 Å². The molecule has 0 bridgehead atoms. The van der Waals surface area contributed by atoms with E-state index in [0.29, 0.717) is 0 Å². The molecule has 1 aromatic heterocycles. The molecule has 54 valence electrons. The second kappa shape index (κ2) is 2.84. The van der Waals surface area contributed by atoms with Gasteiger partial charge in [-0.15, -0.1) is 11.3 Å². The topological polar surface area (TPSA) is 20.3 Å². The van der Waals surface area contributed by atoms with E-state index < -0.39 is 0 Å². The lowest BCUT2D eigenvalue weighted by molar-refractivity contribution is 0.0832. The zero-order valence-corrected chi connectivity index (χ0v) is 6.81. The maximum Gasteiger partial charge on any atom is 0.263 e. The van der Waals surface area contributed by atoms with Gasteiger partial charge in [-0.25, -0.2) is 0 Å². The predicted molar refractivity (Wildman–Crippen MR) is 42.3 cm³/mol. The van der Waals surface area contributed by atoms with E-state index in [9.17, 15) is 4.79 Å². The number of carbonyl (C=O) groups is 1. The molecule has 0 N–H and O–H groups in total. The van der Waals surface area contributed by atoms with Crippen LogP contribution in [0.1, 0.15) is 9.67 Å². The third kappa shape index (κ3) is 1.36. The van der Waals surface area contributed by atoms with Crippen LogP contribution in [0.3, 0.4) is 0 Å². The van der Waals surface area contributed by atoms with Gasteiger partial charge in [0.15, 0.2) is 0 Å². The zero-order chi connectivity index (χ0) is 7.56. The summed E-state index contributed by atoms with van der Waals surface area (Å²) >= 11 is 1.47. The van der Waals surface area contributed by atoms with Crippen molar-refractivity contribution < 1.29 is 4.79 Å². The molecule has 0 fully saturated rings. The van der Waals surface area contributed by atoms with E-state index in [1.807, 2.05) is 17.5 Å². The summed E-state index contributed by atoms with van der Waals surface area (Å²) in [5.41, 5.74) is 0. The van der Waals surface area contributed by atoms with Crippen molar-refractivity contribution in [2.45, 2.75) is 0 Å². The average Bonchev–Trinajstić information content (AvgIpc) is 2.36. The van der Waals surface area contributed by atoms with Crippen molar-refractivity contribution in [2.75, 3.05) is 14.1 Å². The van der Waals surface area contributed by atoms with Gasteiger partial charge in [0, 0.05) is 14.1 Å². The van der Waals surface area contributed by atoms with Gasteiger partial charge in [-0.3, -0.25) is 4.79 Å². The molecule has 0 radical (unpaired) electrons. The summed E-state index contributed by atoms with van der Waals surface area (Å²) < 4.78 is 0. The molecule has 1 heterocycles. The molecule has 10 heavy (non-hydrogen) atoms. The minimum Gasteiger partial charge on any atom is -0.344 e. The third-order valence-corrected chi connectivity index (χ3v) is 2.00. The molecule has 0 aliphatic heterocycles. The van der Waals surface area contributed by atoms with Crippen molar-refractivity contribution >= 4 is 17.2 Å². The van der Waals surface area contributed by atoms with Gasteiger partial charge in [0.05, 0.1) is 4.88 Å². The van der Waals surface area contributed by atoms with Crippen LogP contribution in [0.2, 0.25) is 0 Å². The summed E-state index contributed by atoms with van der Waals surface area (Å²) in [5, 5.41) is 1.90. The average molecular weight is 155 g/mol. The first-order chi connectivity index (χ1) is 4.72. The molecule has 0 aliphatic rings. The van der Waals surface area contributed by atoms with Crippen LogP contribution in [0, 0.1) is 0 Å². The number of nitrogens with zero attached hydrogens (tertiary/aromatic N) is 1. The number of amides is 1. The first-order valence-electron chi connectivity index (χ1n) is 2.97. The molecule has 1 aromatic rings. The first-order valence-corrected chi connectivity index (χ1v) is 3.85. The van der Waals surface area contributed by atoms with Crippen molar-refractivity contribution in [3.05, 3.63) is 22.4 Å². The number of thiophene rings is 1. The SMILES string of the molecule is CN(C)C(=O)c1cccs1. The van der Waals surface area contributed by atoms with Gasteiger partial charge in [-0.1, -0.05) is 6.07 Å². The van der Waals surface area contributed by atoms with E-state index in [0.717, 1.165) is 4.88 Å². The molecule has 0 unspecified atom stereocenters. The molecule has 0 spiro atoms. The van der Waals surface area contributed by atoms with Gasteiger partial charge in [0.2, 0.25) is 0 Å². The van der Waals surface area contributed by atoms with E-state index >= 15 is 0 Å². The summed E-state index contributed by atoms with van der Waals surface area (Å²) in [6, 6.07) is 3.70. The van der Waals surface area contributed by atoms with Crippen LogP contribution < -0.4 is 0 Å². The Hall–Kier alpha value is -0.830. The first kappa shape index (κ1) is 7.28. The smallest absolute Gasteiger partial charge is 0.263 e. The molecule has 0 atom stereocenters. The van der Waals surface area contributed by atoms with Crippen molar-refractivity contribution in [3.8, 4) is 0 Å². The highest BCUT2D eigenvalue weighted by Crippen LogP contribution is 2.09. The molecule has 0 saturated heterocycles. The fraction of sp³-hybridized carbons (Fsp3) is 0.286. The number of carbonyl (C=O) groups excluding carboxylic acids is 1. The molecule has 0 aromatic carbocycles. The highest BCUT2D eigenvalue weighted by Gasteiger charge is 2.06. The summed E-state index contributed by atoms with van der Waals surface area (Å²) in [6.07, 6.45) is 0. The van der Waals surface area contributed by atoms with Gasteiger partial charge < -0.3 is 4.90 Å². The van der Waals surface area contributed by atoms with Gasteiger partial charge >= 0.3 is 0 Å². The van der Waals surface area contributed by atoms with Crippen LogP contribution in [0.4, 0.5) is 0 Å². The summed E-state index contributed by atoms with van der Waals surface area (Å²) in [6.45, 7) is 0. The Kier molecular flexibility index (Phi) is 2.06. The van der Waals surface area contributed by atoms with Crippen LogP contribution in [-0.2, 0) is 0 Å². The normalized spacial score (nSPS) is 9.40. The van der Waals surface area contributed by atoms with Crippen molar-refractivity contribution in [1.82, 2.24) is 4.90 Å². The van der Waals surface area contributed by atoms with Crippen LogP contribution in [-0.4, -0.2) is 24.9 Å². The Bertz CT molecular complexity index is 216. The second-order valence-corrected chi connectivity index (χ2v) is 3.12. The van der Waals surface area contributed by atoms with Gasteiger partial charge in [-0.2, -0.15) is 0 Å². The Balaban J connectivity index is 2.78. The zero-order valence-electron chi connectivity index (χ0n) is 6.00. The third-order valence-electron chi connectivity index (χ3n) is 1.14. The second-order valence-electron chi connectivity index (χ2n) is 2.18. The fourth-order valence-corrected chi connectivity index (χ4v) is 1.36. The summed E-state index contributed by atoms with van der Waals surface area (Å²) in [5.74, 6) is 0.0787.